The Morgan fingerprint density at radius 3 is 2.31 bits per heavy atom. The quantitative estimate of drug-likeness (QED) is 0.511. The van der Waals surface area contributed by atoms with Crippen LogP contribution in [0, 0.1) is 0 Å². The van der Waals surface area contributed by atoms with Gasteiger partial charge in [-0.05, 0) is 18.2 Å². The van der Waals surface area contributed by atoms with Gasteiger partial charge in [0.1, 0.15) is 0 Å². The Hall–Kier alpha value is -3.24. The van der Waals surface area contributed by atoms with Gasteiger partial charge in [0.05, 0.1) is 10.7 Å². The van der Waals surface area contributed by atoms with Gasteiger partial charge in [-0.15, -0.1) is 0 Å². The lowest BCUT2D eigenvalue weighted by atomic mass is 10.1. The van der Waals surface area contributed by atoms with Crippen molar-refractivity contribution in [1.82, 2.24) is 15.1 Å². The Morgan fingerprint density at radius 1 is 1.09 bits per heavy atom. The third kappa shape index (κ3) is 5.32. The number of benzene rings is 2. The molecule has 0 radical (unpaired) electrons. The van der Waals surface area contributed by atoms with Gasteiger partial charge in [-0.2, -0.15) is 23.0 Å². The molecule has 3 rings (SSSR count). The average molecular weight is 488 g/mol. The van der Waals surface area contributed by atoms with Crippen LogP contribution >= 0.6 is 23.2 Å². The number of amides is 1. The predicted octanol–water partition coefficient (Wildman–Crippen LogP) is 4.52. The summed E-state index contributed by atoms with van der Waals surface area (Å²) >= 11 is 12.0. The number of hydrogen-bond acceptors (Lipinski definition) is 4. The lowest BCUT2D eigenvalue weighted by molar-refractivity contribution is -0.142. The largest absolute Gasteiger partial charge is 0.479 e. The summed E-state index contributed by atoms with van der Waals surface area (Å²) in [6, 6.07) is 11.1. The van der Waals surface area contributed by atoms with E-state index < -0.39 is 42.3 Å². The van der Waals surface area contributed by atoms with Crippen molar-refractivity contribution in [2.45, 2.75) is 12.2 Å². The maximum Gasteiger partial charge on any atom is 0.435 e. The van der Waals surface area contributed by atoms with Gasteiger partial charge in [0.25, 0.3) is 5.91 Å². The fourth-order valence-corrected chi connectivity index (χ4v) is 3.19. The van der Waals surface area contributed by atoms with Gasteiger partial charge < -0.3 is 15.2 Å². The van der Waals surface area contributed by atoms with E-state index in [2.05, 4.69) is 10.4 Å². The Kier molecular flexibility index (Phi) is 6.95. The van der Waals surface area contributed by atoms with E-state index in [9.17, 15) is 27.9 Å². The fourth-order valence-electron chi connectivity index (χ4n) is 2.73. The Morgan fingerprint density at radius 2 is 1.72 bits per heavy atom. The van der Waals surface area contributed by atoms with Crippen molar-refractivity contribution < 1.29 is 32.6 Å². The zero-order valence-corrected chi connectivity index (χ0v) is 17.4. The number of rotatable bonds is 7. The molecule has 0 spiro atoms. The van der Waals surface area contributed by atoms with E-state index >= 15 is 0 Å². The molecule has 0 saturated heterocycles. The van der Waals surface area contributed by atoms with Gasteiger partial charge in [0, 0.05) is 16.7 Å². The molecule has 32 heavy (non-hydrogen) atoms. The number of carboxylic acids is 1. The van der Waals surface area contributed by atoms with E-state index in [1.807, 2.05) is 0 Å². The normalized spacial score (nSPS) is 12.3. The molecule has 1 aromatic heterocycles. The SMILES string of the molecule is O=C(COc1cc(C(F)(F)F)nn1-c1ccccc1Cl)N[C@H](C(=O)O)c1ccccc1Cl. The molecule has 168 valence electrons. The molecule has 1 amide bonds. The number of ether oxygens (including phenoxy) is 1. The highest BCUT2D eigenvalue weighted by atomic mass is 35.5. The number of aromatic nitrogens is 2. The number of carbonyl (C=O) groups is 2. The molecule has 0 aliphatic carbocycles. The van der Waals surface area contributed by atoms with E-state index in [-0.39, 0.29) is 21.3 Å². The highest BCUT2D eigenvalue weighted by Gasteiger charge is 2.36. The first-order valence-electron chi connectivity index (χ1n) is 8.89. The topological polar surface area (TPSA) is 93.5 Å². The van der Waals surface area contributed by atoms with Crippen molar-refractivity contribution in [2.75, 3.05) is 6.61 Å². The Balaban J connectivity index is 1.82. The molecule has 0 bridgehead atoms. The van der Waals surface area contributed by atoms with Crippen LogP contribution in [0.4, 0.5) is 13.2 Å². The van der Waals surface area contributed by atoms with Gasteiger partial charge >= 0.3 is 12.1 Å². The van der Waals surface area contributed by atoms with Crippen LogP contribution in [0.3, 0.4) is 0 Å². The summed E-state index contributed by atoms with van der Waals surface area (Å²) < 4.78 is 45.5. The maximum absolute atomic E-state index is 13.2. The highest BCUT2D eigenvalue weighted by molar-refractivity contribution is 6.32. The highest BCUT2D eigenvalue weighted by Crippen LogP contribution is 2.33. The maximum atomic E-state index is 13.2. The Bertz CT molecular complexity index is 1150. The summed E-state index contributed by atoms with van der Waals surface area (Å²) in [5, 5.41) is 15.4. The number of aliphatic carboxylic acids is 1. The molecule has 1 atom stereocenters. The van der Waals surface area contributed by atoms with Gasteiger partial charge in [-0.1, -0.05) is 53.5 Å². The van der Waals surface area contributed by atoms with E-state index in [1.54, 1.807) is 18.2 Å². The number of alkyl halides is 3. The second kappa shape index (κ2) is 9.49. The van der Waals surface area contributed by atoms with E-state index in [1.165, 1.54) is 30.3 Å². The molecule has 12 heteroatoms. The molecule has 2 N–H and O–H groups in total. The van der Waals surface area contributed by atoms with Crippen LogP contribution in [0.1, 0.15) is 17.3 Å². The molecule has 0 saturated carbocycles. The third-order valence-electron chi connectivity index (χ3n) is 4.17. The lowest BCUT2D eigenvalue weighted by Crippen LogP contribution is -2.37. The van der Waals surface area contributed by atoms with Crippen LogP contribution in [0.25, 0.3) is 5.69 Å². The van der Waals surface area contributed by atoms with Crippen molar-refractivity contribution in [3.8, 4) is 11.6 Å². The van der Waals surface area contributed by atoms with Crippen molar-refractivity contribution in [2.24, 2.45) is 0 Å². The summed E-state index contributed by atoms with van der Waals surface area (Å²) in [5.74, 6) is -2.70. The third-order valence-corrected chi connectivity index (χ3v) is 4.83. The molecule has 7 nitrogen and oxygen atoms in total. The van der Waals surface area contributed by atoms with Crippen molar-refractivity contribution in [3.63, 3.8) is 0 Å². The average Bonchev–Trinajstić information content (AvgIpc) is 3.16. The molecular weight excluding hydrogens is 474 g/mol. The van der Waals surface area contributed by atoms with Crippen LogP contribution < -0.4 is 10.1 Å². The summed E-state index contributed by atoms with van der Waals surface area (Å²) in [5.41, 5.74) is -1.03. The minimum atomic E-state index is -4.77. The zero-order chi connectivity index (χ0) is 23.5. The van der Waals surface area contributed by atoms with Crippen LogP contribution in [-0.4, -0.2) is 33.4 Å². The summed E-state index contributed by atoms with van der Waals surface area (Å²) in [7, 11) is 0. The molecule has 0 aliphatic rings. The van der Waals surface area contributed by atoms with Gasteiger partial charge in [0.2, 0.25) is 5.88 Å². The van der Waals surface area contributed by atoms with Crippen LogP contribution in [0.15, 0.2) is 54.6 Å². The van der Waals surface area contributed by atoms with Crippen LogP contribution in [-0.2, 0) is 15.8 Å². The Labute approximate surface area is 189 Å². The number of hydrogen-bond donors (Lipinski definition) is 2. The van der Waals surface area contributed by atoms with E-state index in [0.717, 1.165) is 4.68 Å². The lowest BCUT2D eigenvalue weighted by Gasteiger charge is -2.16. The first-order chi connectivity index (χ1) is 15.1. The second-order valence-corrected chi connectivity index (χ2v) is 7.19. The second-order valence-electron chi connectivity index (χ2n) is 6.38. The first-order valence-corrected chi connectivity index (χ1v) is 9.65. The number of carbonyl (C=O) groups excluding carboxylic acids is 1. The van der Waals surface area contributed by atoms with Crippen molar-refractivity contribution in [1.29, 1.82) is 0 Å². The van der Waals surface area contributed by atoms with Crippen LogP contribution in [0.5, 0.6) is 5.88 Å². The molecule has 0 unspecified atom stereocenters. The van der Waals surface area contributed by atoms with Gasteiger partial charge in [0.15, 0.2) is 18.3 Å². The van der Waals surface area contributed by atoms with Crippen molar-refractivity contribution >= 4 is 35.1 Å². The predicted molar refractivity (Wildman–Crippen MR) is 109 cm³/mol. The summed E-state index contributed by atoms with van der Waals surface area (Å²) in [6.07, 6.45) is -4.77. The summed E-state index contributed by atoms with van der Waals surface area (Å²) in [4.78, 5) is 23.9. The smallest absolute Gasteiger partial charge is 0.435 e. The number of nitrogens with one attached hydrogen (secondary N) is 1. The minimum Gasteiger partial charge on any atom is -0.479 e. The van der Waals surface area contributed by atoms with Crippen LogP contribution in [0.2, 0.25) is 10.0 Å². The van der Waals surface area contributed by atoms with Crippen molar-refractivity contribution in [3.05, 3.63) is 75.9 Å². The summed E-state index contributed by atoms with van der Waals surface area (Å²) in [6.45, 7) is -0.790. The fraction of sp³-hybridized carbons (Fsp3) is 0.150. The number of halogens is 5. The zero-order valence-electron chi connectivity index (χ0n) is 15.9. The molecular formula is C20H14Cl2F3N3O4. The number of nitrogens with zero attached hydrogens (tertiary/aromatic N) is 2. The van der Waals surface area contributed by atoms with E-state index in [0.29, 0.717) is 6.07 Å². The molecule has 1 heterocycles. The van der Waals surface area contributed by atoms with Gasteiger partial charge in [-0.3, -0.25) is 4.79 Å². The monoisotopic (exact) mass is 487 g/mol. The minimum absolute atomic E-state index is 0.0968. The molecule has 0 aliphatic heterocycles. The molecule has 0 fully saturated rings. The first kappa shape index (κ1) is 23.4. The number of para-hydroxylation sites is 1. The standard InChI is InChI=1S/C20H14Cl2F3N3O4/c21-12-6-2-1-5-11(12)18(19(30)31)26-16(29)10-32-17-9-15(20(23,24)25)27-28(17)14-8-4-3-7-13(14)22/h1-9,18H,10H2,(H,26,29)(H,30,31)/t18-/m0/s1. The molecule has 2 aromatic carbocycles. The van der Waals surface area contributed by atoms with Gasteiger partial charge in [-0.25, -0.2) is 4.79 Å². The number of carboxylic acid groups (broad SMARTS) is 1. The molecule has 3 aromatic rings. The van der Waals surface area contributed by atoms with E-state index in [4.69, 9.17) is 27.9 Å².